The zero-order chi connectivity index (χ0) is 16.9. The Hall–Kier alpha value is -1.02. The lowest BCUT2D eigenvalue weighted by atomic mass is 10.1. The summed E-state index contributed by atoms with van der Waals surface area (Å²) in [6.07, 6.45) is 3.06. The largest absolute Gasteiger partial charge is 0.357 e. The summed E-state index contributed by atoms with van der Waals surface area (Å²) >= 11 is 14.9. The van der Waals surface area contributed by atoms with Gasteiger partial charge >= 0.3 is 0 Å². The molecule has 0 radical (unpaired) electrons. The van der Waals surface area contributed by atoms with E-state index in [1.165, 1.54) is 35.9 Å². The van der Waals surface area contributed by atoms with Crippen molar-refractivity contribution in [3.8, 4) is 0 Å². The molecule has 1 aliphatic rings. The third kappa shape index (κ3) is 5.51. The van der Waals surface area contributed by atoms with E-state index in [9.17, 15) is 4.79 Å². The number of rotatable bonds is 8. The summed E-state index contributed by atoms with van der Waals surface area (Å²) < 4.78 is 0.800. The highest BCUT2D eigenvalue weighted by Gasteiger charge is 2.22. The third-order valence-electron chi connectivity index (χ3n) is 3.37. The van der Waals surface area contributed by atoms with Crippen LogP contribution in [0.4, 0.5) is 5.13 Å². The van der Waals surface area contributed by atoms with E-state index in [2.05, 4.69) is 20.8 Å². The van der Waals surface area contributed by atoms with Crippen molar-refractivity contribution in [3.63, 3.8) is 0 Å². The number of thioether (sulfide) groups is 1. The lowest BCUT2D eigenvalue weighted by molar-refractivity contribution is -0.118. The van der Waals surface area contributed by atoms with Crippen LogP contribution in [0.1, 0.15) is 18.4 Å². The number of nitrogens with zero attached hydrogens (tertiary/aromatic N) is 2. The maximum atomic E-state index is 11.9. The van der Waals surface area contributed by atoms with Crippen LogP contribution in [0.3, 0.4) is 0 Å². The molecule has 2 N–H and O–H groups in total. The quantitative estimate of drug-likeness (QED) is 0.655. The molecule has 0 atom stereocenters. The van der Waals surface area contributed by atoms with Gasteiger partial charge in [-0.3, -0.25) is 4.79 Å². The van der Waals surface area contributed by atoms with Gasteiger partial charge in [0, 0.05) is 22.6 Å². The van der Waals surface area contributed by atoms with Gasteiger partial charge in [0.15, 0.2) is 4.34 Å². The van der Waals surface area contributed by atoms with Gasteiger partial charge in [0.25, 0.3) is 0 Å². The second-order valence-electron chi connectivity index (χ2n) is 5.42. The highest BCUT2D eigenvalue weighted by molar-refractivity contribution is 8.01. The van der Waals surface area contributed by atoms with Gasteiger partial charge in [-0.1, -0.05) is 52.4 Å². The first-order chi connectivity index (χ1) is 11.6. The van der Waals surface area contributed by atoms with E-state index in [0.717, 1.165) is 15.0 Å². The van der Waals surface area contributed by atoms with Gasteiger partial charge in [-0.2, -0.15) is 0 Å². The molecule has 0 saturated heterocycles. The van der Waals surface area contributed by atoms with Crippen molar-refractivity contribution >= 4 is 57.3 Å². The number of carbonyl (C=O) groups is 1. The Morgan fingerprint density at radius 1 is 1.33 bits per heavy atom. The first-order valence-electron chi connectivity index (χ1n) is 7.53. The molecule has 24 heavy (non-hydrogen) atoms. The molecule has 128 valence electrons. The maximum Gasteiger partial charge on any atom is 0.230 e. The van der Waals surface area contributed by atoms with Crippen LogP contribution in [0.25, 0.3) is 0 Å². The topological polar surface area (TPSA) is 66.9 Å². The number of nitrogens with one attached hydrogen (secondary N) is 2. The number of amides is 1. The minimum absolute atomic E-state index is 0.0306. The first-order valence-corrected chi connectivity index (χ1v) is 10.1. The van der Waals surface area contributed by atoms with Crippen LogP contribution >= 0.6 is 46.3 Å². The summed E-state index contributed by atoms with van der Waals surface area (Å²) in [5, 5.41) is 16.4. The van der Waals surface area contributed by atoms with Crippen LogP contribution in [0.5, 0.6) is 0 Å². The van der Waals surface area contributed by atoms with E-state index < -0.39 is 0 Å². The summed E-state index contributed by atoms with van der Waals surface area (Å²) in [6, 6.07) is 5.93. The Balaban J connectivity index is 1.37. The van der Waals surface area contributed by atoms with E-state index in [1.807, 2.05) is 6.07 Å². The molecule has 0 bridgehead atoms. The molecular weight excluding hydrogens is 387 g/mol. The molecule has 1 aromatic heterocycles. The van der Waals surface area contributed by atoms with Crippen LogP contribution in [0.2, 0.25) is 10.0 Å². The van der Waals surface area contributed by atoms with Crippen LogP contribution in [0, 0.1) is 0 Å². The first kappa shape index (κ1) is 17.8. The number of hydrogen-bond donors (Lipinski definition) is 2. The number of halogens is 2. The molecular formula is C15H16Cl2N4OS2. The normalized spacial score (nSPS) is 13.8. The SMILES string of the molecule is O=C(CSc1nnc(NC2CC2)s1)NCCc1ccc(Cl)cc1Cl. The molecule has 1 amide bonds. The molecule has 1 heterocycles. The average Bonchev–Trinajstić information content (AvgIpc) is 3.24. The zero-order valence-corrected chi connectivity index (χ0v) is 15.9. The Bertz CT molecular complexity index is 721. The number of aromatic nitrogens is 2. The molecule has 0 spiro atoms. The van der Waals surface area contributed by atoms with Gasteiger partial charge in [0.1, 0.15) is 0 Å². The summed E-state index contributed by atoms with van der Waals surface area (Å²) in [4.78, 5) is 11.9. The fourth-order valence-electron chi connectivity index (χ4n) is 1.97. The molecule has 1 aliphatic carbocycles. The van der Waals surface area contributed by atoms with E-state index in [0.29, 0.717) is 34.8 Å². The molecule has 2 aromatic rings. The Kier molecular flexibility index (Phi) is 6.21. The minimum Gasteiger partial charge on any atom is -0.357 e. The molecule has 5 nitrogen and oxygen atoms in total. The monoisotopic (exact) mass is 402 g/mol. The van der Waals surface area contributed by atoms with Crippen LogP contribution in [0.15, 0.2) is 22.5 Å². The highest BCUT2D eigenvalue weighted by atomic mass is 35.5. The van der Waals surface area contributed by atoms with Crippen molar-refractivity contribution in [1.29, 1.82) is 0 Å². The smallest absolute Gasteiger partial charge is 0.230 e. The highest BCUT2D eigenvalue weighted by Crippen LogP contribution is 2.30. The Morgan fingerprint density at radius 3 is 2.92 bits per heavy atom. The summed E-state index contributed by atoms with van der Waals surface area (Å²) in [6.45, 7) is 0.533. The molecule has 1 saturated carbocycles. The summed E-state index contributed by atoms with van der Waals surface area (Å²) in [5.41, 5.74) is 0.967. The van der Waals surface area contributed by atoms with Crippen molar-refractivity contribution in [2.45, 2.75) is 29.6 Å². The van der Waals surface area contributed by atoms with E-state index in [1.54, 1.807) is 12.1 Å². The molecule has 9 heteroatoms. The molecule has 1 aromatic carbocycles. The number of hydrogen-bond acceptors (Lipinski definition) is 6. The van der Waals surface area contributed by atoms with Gasteiger partial charge in [-0.15, -0.1) is 10.2 Å². The predicted molar refractivity (Wildman–Crippen MR) is 100 cm³/mol. The fourth-order valence-corrected chi connectivity index (χ4v) is 4.13. The minimum atomic E-state index is -0.0306. The average molecular weight is 403 g/mol. The summed E-state index contributed by atoms with van der Waals surface area (Å²) in [5.74, 6) is 0.295. The molecule has 1 fully saturated rings. The molecule has 0 aliphatic heterocycles. The van der Waals surface area contributed by atoms with Crippen molar-refractivity contribution in [1.82, 2.24) is 15.5 Å². The van der Waals surface area contributed by atoms with Crippen LogP contribution < -0.4 is 10.6 Å². The van der Waals surface area contributed by atoms with Gasteiger partial charge in [0.05, 0.1) is 5.75 Å². The second kappa shape index (κ2) is 8.38. The maximum absolute atomic E-state index is 11.9. The number of carbonyl (C=O) groups excluding carboxylic acids is 1. The van der Waals surface area contributed by atoms with Crippen molar-refractivity contribution < 1.29 is 4.79 Å². The predicted octanol–water partition coefficient (Wildman–Crippen LogP) is 3.87. The lowest BCUT2D eigenvalue weighted by Gasteiger charge is -2.06. The lowest BCUT2D eigenvalue weighted by Crippen LogP contribution is -2.27. The van der Waals surface area contributed by atoms with Crippen LogP contribution in [-0.4, -0.2) is 34.4 Å². The van der Waals surface area contributed by atoms with Crippen molar-refractivity contribution in [3.05, 3.63) is 33.8 Å². The van der Waals surface area contributed by atoms with Crippen LogP contribution in [-0.2, 0) is 11.2 Å². The molecule has 3 rings (SSSR count). The van der Waals surface area contributed by atoms with Gasteiger partial charge < -0.3 is 10.6 Å². The van der Waals surface area contributed by atoms with E-state index in [4.69, 9.17) is 23.2 Å². The van der Waals surface area contributed by atoms with Gasteiger partial charge in [-0.05, 0) is 37.0 Å². The van der Waals surface area contributed by atoms with Gasteiger partial charge in [-0.25, -0.2) is 0 Å². The number of benzene rings is 1. The summed E-state index contributed by atoms with van der Waals surface area (Å²) in [7, 11) is 0. The standard InChI is InChI=1S/C15H16Cl2N4OS2/c16-10-2-1-9(12(17)7-10)5-6-18-13(22)8-23-15-21-20-14(24-15)19-11-3-4-11/h1-2,7,11H,3-6,8H2,(H,18,22)(H,19,20). The van der Waals surface area contributed by atoms with E-state index >= 15 is 0 Å². The molecule has 0 unspecified atom stereocenters. The van der Waals surface area contributed by atoms with Crippen molar-refractivity contribution in [2.24, 2.45) is 0 Å². The second-order valence-corrected chi connectivity index (χ2v) is 8.46. The number of anilines is 1. The van der Waals surface area contributed by atoms with Crippen molar-refractivity contribution in [2.75, 3.05) is 17.6 Å². The van der Waals surface area contributed by atoms with Gasteiger partial charge in [0.2, 0.25) is 11.0 Å². The zero-order valence-electron chi connectivity index (χ0n) is 12.7. The third-order valence-corrected chi connectivity index (χ3v) is 5.94. The van der Waals surface area contributed by atoms with E-state index in [-0.39, 0.29) is 5.91 Å². The Morgan fingerprint density at radius 2 is 2.17 bits per heavy atom. The Labute approximate surface area is 158 Å². The fraction of sp³-hybridized carbons (Fsp3) is 0.400.